The Morgan fingerprint density at radius 2 is 1.94 bits per heavy atom. The molecule has 1 aliphatic heterocycles. The van der Waals surface area contributed by atoms with Crippen molar-refractivity contribution in [2.45, 2.75) is 25.0 Å². The number of amides is 1. The highest BCUT2D eigenvalue weighted by Crippen LogP contribution is 2.21. The molecule has 1 heterocycles. The van der Waals surface area contributed by atoms with Gasteiger partial charge in [-0.05, 0) is 12.8 Å². The zero-order chi connectivity index (χ0) is 13.0. The molecule has 0 aromatic heterocycles. The van der Waals surface area contributed by atoms with E-state index in [0.717, 1.165) is 0 Å². The van der Waals surface area contributed by atoms with E-state index in [9.17, 15) is 14.4 Å². The van der Waals surface area contributed by atoms with Gasteiger partial charge >= 0.3 is 11.9 Å². The molecule has 0 aliphatic carbocycles. The number of hydrogen-bond donors (Lipinski definition) is 1. The summed E-state index contributed by atoms with van der Waals surface area (Å²) in [5, 5.41) is 8.71. The Balaban J connectivity index is 2.48. The number of aliphatic carboxylic acids is 1. The maximum absolute atomic E-state index is 11.8. The number of nitrogens with zero attached hydrogens (tertiary/aromatic N) is 1. The van der Waals surface area contributed by atoms with Crippen LogP contribution in [0.1, 0.15) is 12.8 Å². The summed E-state index contributed by atoms with van der Waals surface area (Å²) in [4.78, 5) is 34.5. The van der Waals surface area contributed by atoms with Crippen molar-refractivity contribution >= 4 is 17.8 Å². The third kappa shape index (κ3) is 3.42. The Morgan fingerprint density at radius 3 is 2.41 bits per heavy atom. The number of carboxylic acid groups (broad SMARTS) is 1. The number of methoxy groups -OCH3 is 1. The predicted molar refractivity (Wildman–Crippen MR) is 55.2 cm³/mol. The highest BCUT2D eigenvalue weighted by molar-refractivity contribution is 5.85. The first-order valence-corrected chi connectivity index (χ1v) is 5.15. The third-order valence-electron chi connectivity index (χ3n) is 2.54. The molecule has 96 valence electrons. The van der Waals surface area contributed by atoms with Gasteiger partial charge in [-0.15, -0.1) is 0 Å². The molecule has 1 rings (SSSR count). The lowest BCUT2D eigenvalue weighted by atomic mass is 10.2. The molecule has 1 saturated heterocycles. The Bertz CT molecular complexity index is 329. The molecule has 2 atom stereocenters. The number of carbonyl (C=O) groups is 3. The summed E-state index contributed by atoms with van der Waals surface area (Å²) in [5.41, 5.74) is 0. The van der Waals surface area contributed by atoms with Gasteiger partial charge < -0.3 is 19.5 Å². The minimum absolute atomic E-state index is 0.174. The molecule has 7 nitrogen and oxygen atoms in total. The summed E-state index contributed by atoms with van der Waals surface area (Å²) < 4.78 is 9.50. The van der Waals surface area contributed by atoms with Crippen LogP contribution < -0.4 is 0 Å². The molecule has 1 fully saturated rings. The summed E-state index contributed by atoms with van der Waals surface area (Å²) in [6.07, 6.45) is -1.07. The molecule has 0 unspecified atom stereocenters. The summed E-state index contributed by atoms with van der Waals surface area (Å²) in [6, 6.07) is 0. The summed E-state index contributed by atoms with van der Waals surface area (Å²) >= 11 is 0. The van der Waals surface area contributed by atoms with Crippen molar-refractivity contribution in [1.82, 2.24) is 4.90 Å². The molecule has 1 aliphatic rings. The van der Waals surface area contributed by atoms with E-state index < -0.39 is 30.1 Å². The van der Waals surface area contributed by atoms with Crippen molar-refractivity contribution in [2.24, 2.45) is 0 Å². The first-order chi connectivity index (χ1) is 7.95. The molecule has 7 heteroatoms. The molecular formula is C10H15NO6. The van der Waals surface area contributed by atoms with Crippen LogP contribution in [0, 0.1) is 0 Å². The Kier molecular flexibility index (Phi) is 4.45. The van der Waals surface area contributed by atoms with E-state index in [2.05, 4.69) is 4.74 Å². The average molecular weight is 245 g/mol. The van der Waals surface area contributed by atoms with Gasteiger partial charge in [0.2, 0.25) is 0 Å². The Hall–Kier alpha value is -1.63. The van der Waals surface area contributed by atoms with E-state index in [1.807, 2.05) is 0 Å². The molecule has 0 saturated carbocycles. The zero-order valence-corrected chi connectivity index (χ0v) is 9.71. The van der Waals surface area contributed by atoms with Gasteiger partial charge in [0.1, 0.15) is 12.6 Å². The van der Waals surface area contributed by atoms with Gasteiger partial charge in [0.25, 0.3) is 5.91 Å². The second kappa shape index (κ2) is 5.62. The molecule has 17 heavy (non-hydrogen) atoms. The second-order valence-electron chi connectivity index (χ2n) is 3.80. The van der Waals surface area contributed by atoms with Crippen molar-refractivity contribution in [3.8, 4) is 0 Å². The number of rotatable bonds is 4. The molecule has 0 bridgehead atoms. The van der Waals surface area contributed by atoms with Gasteiger partial charge in [0.05, 0.1) is 7.11 Å². The Morgan fingerprint density at radius 1 is 1.35 bits per heavy atom. The molecule has 1 amide bonds. The third-order valence-corrected chi connectivity index (χ3v) is 2.54. The molecule has 0 spiro atoms. The lowest BCUT2D eigenvalue weighted by Gasteiger charge is -2.19. The number of esters is 1. The number of likely N-dealkylation sites (N-methyl/N-ethyl adjacent to an activating group) is 1. The first kappa shape index (κ1) is 13.4. The normalized spacial score (nSPS) is 23.2. The van der Waals surface area contributed by atoms with Crippen molar-refractivity contribution in [3.05, 3.63) is 0 Å². The fraction of sp³-hybridized carbons (Fsp3) is 0.700. The number of carbonyl (C=O) groups excluding carboxylic acids is 2. The highest BCUT2D eigenvalue weighted by atomic mass is 16.5. The van der Waals surface area contributed by atoms with Crippen LogP contribution in [0.5, 0.6) is 0 Å². The van der Waals surface area contributed by atoms with E-state index in [0.29, 0.717) is 12.8 Å². The van der Waals surface area contributed by atoms with Crippen molar-refractivity contribution in [3.63, 3.8) is 0 Å². The zero-order valence-electron chi connectivity index (χ0n) is 9.71. The lowest BCUT2D eigenvalue weighted by Crippen LogP contribution is -2.40. The smallest absolute Gasteiger partial charge is 0.332 e. The monoisotopic (exact) mass is 245 g/mol. The van der Waals surface area contributed by atoms with Crippen LogP contribution >= 0.6 is 0 Å². The lowest BCUT2D eigenvalue weighted by molar-refractivity contribution is -0.157. The summed E-state index contributed by atoms with van der Waals surface area (Å²) in [6.45, 7) is -0.174. The first-order valence-electron chi connectivity index (χ1n) is 5.15. The van der Waals surface area contributed by atoms with Gasteiger partial charge in [-0.3, -0.25) is 9.59 Å². The minimum Gasteiger partial charge on any atom is -0.479 e. The van der Waals surface area contributed by atoms with E-state index in [1.54, 1.807) is 0 Å². The predicted octanol–water partition coefficient (Wildman–Crippen LogP) is -0.750. The standard InChI is InChI=1S/C10H15NO6/c1-11(5-8(12)16-2)9(13)6-3-4-7(17-6)10(14)15/h6-7H,3-5H2,1-2H3,(H,14,15)/t6-,7+/m0/s1. The minimum atomic E-state index is -1.07. The summed E-state index contributed by atoms with van der Waals surface area (Å²) in [5.74, 6) is -2.01. The van der Waals surface area contributed by atoms with Crippen LogP contribution in [0.3, 0.4) is 0 Å². The number of hydrogen-bond acceptors (Lipinski definition) is 5. The topological polar surface area (TPSA) is 93.1 Å². The quantitative estimate of drug-likeness (QED) is 0.655. The molecule has 0 aromatic carbocycles. The van der Waals surface area contributed by atoms with Gasteiger partial charge in [0, 0.05) is 7.05 Å². The Labute approximate surface area is 98.3 Å². The largest absolute Gasteiger partial charge is 0.479 e. The fourth-order valence-corrected chi connectivity index (χ4v) is 1.58. The van der Waals surface area contributed by atoms with Crippen LogP contribution in [0.4, 0.5) is 0 Å². The van der Waals surface area contributed by atoms with Crippen LogP contribution in [0.15, 0.2) is 0 Å². The highest BCUT2D eigenvalue weighted by Gasteiger charge is 2.36. The van der Waals surface area contributed by atoms with Gasteiger partial charge in [-0.2, -0.15) is 0 Å². The van der Waals surface area contributed by atoms with Gasteiger partial charge in [-0.25, -0.2) is 4.79 Å². The summed E-state index contributed by atoms with van der Waals surface area (Å²) in [7, 11) is 2.67. The van der Waals surface area contributed by atoms with Gasteiger partial charge in [0.15, 0.2) is 6.10 Å². The SMILES string of the molecule is COC(=O)CN(C)C(=O)[C@@H]1CC[C@H](C(=O)O)O1. The molecule has 1 N–H and O–H groups in total. The van der Waals surface area contributed by atoms with E-state index in [1.165, 1.54) is 19.1 Å². The van der Waals surface area contributed by atoms with E-state index >= 15 is 0 Å². The molecule has 0 aromatic rings. The number of carboxylic acids is 1. The molecule has 0 radical (unpaired) electrons. The fourth-order valence-electron chi connectivity index (χ4n) is 1.58. The molecular weight excluding hydrogens is 230 g/mol. The average Bonchev–Trinajstić information content (AvgIpc) is 2.77. The van der Waals surface area contributed by atoms with Crippen LogP contribution in [-0.4, -0.2) is 60.8 Å². The second-order valence-corrected chi connectivity index (χ2v) is 3.80. The van der Waals surface area contributed by atoms with Crippen LogP contribution in [-0.2, 0) is 23.9 Å². The van der Waals surface area contributed by atoms with Crippen LogP contribution in [0.2, 0.25) is 0 Å². The van der Waals surface area contributed by atoms with Crippen molar-refractivity contribution < 1.29 is 29.0 Å². The van der Waals surface area contributed by atoms with Crippen molar-refractivity contribution in [1.29, 1.82) is 0 Å². The van der Waals surface area contributed by atoms with Gasteiger partial charge in [-0.1, -0.05) is 0 Å². The maximum Gasteiger partial charge on any atom is 0.332 e. The van der Waals surface area contributed by atoms with E-state index in [-0.39, 0.29) is 6.54 Å². The van der Waals surface area contributed by atoms with Crippen LogP contribution in [0.25, 0.3) is 0 Å². The van der Waals surface area contributed by atoms with Crippen molar-refractivity contribution in [2.75, 3.05) is 20.7 Å². The number of ether oxygens (including phenoxy) is 2. The van der Waals surface area contributed by atoms with E-state index in [4.69, 9.17) is 9.84 Å². The maximum atomic E-state index is 11.8.